The average molecular weight is 199 g/mol. The highest BCUT2D eigenvalue weighted by molar-refractivity contribution is 6.32. The van der Waals surface area contributed by atoms with Crippen LogP contribution in [0.5, 0.6) is 5.75 Å². The molecular formula is C11H15ClO. The third kappa shape index (κ3) is 2.92. The van der Waals surface area contributed by atoms with E-state index in [1.807, 2.05) is 45.9 Å². The predicted octanol–water partition coefficient (Wildman–Crippen LogP) is 3.83. The third-order valence-electron chi connectivity index (χ3n) is 1.57. The van der Waals surface area contributed by atoms with Crippen molar-refractivity contribution < 1.29 is 4.74 Å². The van der Waals surface area contributed by atoms with Crippen LogP contribution in [0.2, 0.25) is 5.02 Å². The zero-order valence-electron chi connectivity index (χ0n) is 8.52. The molecule has 0 saturated carbocycles. The van der Waals surface area contributed by atoms with E-state index in [0.29, 0.717) is 5.02 Å². The van der Waals surface area contributed by atoms with Gasteiger partial charge in [0.25, 0.3) is 0 Å². The highest BCUT2D eigenvalue weighted by Gasteiger charge is 2.14. The van der Waals surface area contributed by atoms with E-state index in [-0.39, 0.29) is 5.60 Å². The first kappa shape index (κ1) is 10.4. The molecule has 1 aromatic rings. The number of hydrogen-bond acceptors (Lipinski definition) is 1. The molecule has 0 aromatic heterocycles. The van der Waals surface area contributed by atoms with Crippen LogP contribution in [0, 0.1) is 6.92 Å². The molecule has 1 rings (SSSR count). The van der Waals surface area contributed by atoms with Crippen molar-refractivity contribution >= 4 is 11.6 Å². The fourth-order valence-corrected chi connectivity index (χ4v) is 1.19. The summed E-state index contributed by atoms with van der Waals surface area (Å²) in [5.74, 6) is 0.758. The van der Waals surface area contributed by atoms with Crippen LogP contribution < -0.4 is 4.74 Å². The van der Waals surface area contributed by atoms with E-state index in [0.717, 1.165) is 11.3 Å². The minimum atomic E-state index is -0.197. The lowest BCUT2D eigenvalue weighted by Crippen LogP contribution is -2.23. The summed E-state index contributed by atoms with van der Waals surface area (Å²) in [7, 11) is 0. The SMILES string of the molecule is Cc1cccc(OC(C)(C)C)c1Cl. The Hall–Kier alpha value is -0.690. The van der Waals surface area contributed by atoms with Crippen LogP contribution in [0.25, 0.3) is 0 Å². The van der Waals surface area contributed by atoms with Crippen molar-refractivity contribution in [2.75, 3.05) is 0 Å². The second kappa shape index (κ2) is 3.59. The standard InChI is InChI=1S/C11H15ClO/c1-8-6-5-7-9(10(8)12)13-11(2,3)4/h5-7H,1-4H3. The van der Waals surface area contributed by atoms with Crippen LogP contribution in [0.3, 0.4) is 0 Å². The summed E-state index contributed by atoms with van der Waals surface area (Å²) in [6.45, 7) is 7.99. The molecule has 0 fully saturated rings. The van der Waals surface area contributed by atoms with Gasteiger partial charge in [0.05, 0.1) is 5.02 Å². The quantitative estimate of drug-likeness (QED) is 0.667. The number of aryl methyl sites for hydroxylation is 1. The maximum Gasteiger partial charge on any atom is 0.138 e. The van der Waals surface area contributed by atoms with Gasteiger partial charge in [0.2, 0.25) is 0 Å². The van der Waals surface area contributed by atoms with Gasteiger partial charge in [0.15, 0.2) is 0 Å². The van der Waals surface area contributed by atoms with Gasteiger partial charge in [0.1, 0.15) is 11.4 Å². The van der Waals surface area contributed by atoms with E-state index in [4.69, 9.17) is 16.3 Å². The van der Waals surface area contributed by atoms with Gasteiger partial charge >= 0.3 is 0 Å². The Balaban J connectivity index is 2.96. The molecule has 1 nitrogen and oxygen atoms in total. The first-order valence-corrected chi connectivity index (χ1v) is 4.72. The van der Waals surface area contributed by atoms with Crippen LogP contribution in [0.15, 0.2) is 18.2 Å². The molecule has 0 atom stereocenters. The summed E-state index contributed by atoms with van der Waals surface area (Å²) < 4.78 is 5.68. The van der Waals surface area contributed by atoms with Gasteiger partial charge in [-0.1, -0.05) is 23.7 Å². The third-order valence-corrected chi connectivity index (χ3v) is 2.06. The van der Waals surface area contributed by atoms with Crippen molar-refractivity contribution in [3.05, 3.63) is 28.8 Å². The molecule has 0 amide bonds. The summed E-state index contributed by atoms with van der Waals surface area (Å²) in [5.41, 5.74) is 0.848. The van der Waals surface area contributed by atoms with Crippen molar-refractivity contribution in [3.8, 4) is 5.75 Å². The van der Waals surface area contributed by atoms with E-state index in [1.165, 1.54) is 0 Å². The fourth-order valence-electron chi connectivity index (χ4n) is 1.03. The van der Waals surface area contributed by atoms with Crippen molar-refractivity contribution in [1.82, 2.24) is 0 Å². The Morgan fingerprint density at radius 3 is 2.38 bits per heavy atom. The van der Waals surface area contributed by atoms with Crippen LogP contribution in [-0.2, 0) is 0 Å². The van der Waals surface area contributed by atoms with Crippen LogP contribution in [-0.4, -0.2) is 5.60 Å². The van der Waals surface area contributed by atoms with Gasteiger partial charge in [-0.05, 0) is 39.3 Å². The van der Waals surface area contributed by atoms with Gasteiger partial charge < -0.3 is 4.74 Å². The van der Waals surface area contributed by atoms with Gasteiger partial charge in [0, 0.05) is 0 Å². The molecule has 0 saturated heterocycles. The zero-order valence-corrected chi connectivity index (χ0v) is 9.27. The Morgan fingerprint density at radius 1 is 1.23 bits per heavy atom. The Labute approximate surface area is 84.7 Å². The van der Waals surface area contributed by atoms with Crippen molar-refractivity contribution in [1.29, 1.82) is 0 Å². The van der Waals surface area contributed by atoms with Gasteiger partial charge in [-0.25, -0.2) is 0 Å². The van der Waals surface area contributed by atoms with Gasteiger partial charge in [-0.2, -0.15) is 0 Å². The molecule has 0 unspecified atom stereocenters. The number of halogens is 1. The normalized spacial score (nSPS) is 11.5. The predicted molar refractivity (Wildman–Crippen MR) is 56.6 cm³/mol. The monoisotopic (exact) mass is 198 g/mol. The Kier molecular flexibility index (Phi) is 2.87. The summed E-state index contributed by atoms with van der Waals surface area (Å²) >= 11 is 6.07. The van der Waals surface area contributed by atoms with E-state index in [2.05, 4.69) is 0 Å². The molecule has 2 heteroatoms. The topological polar surface area (TPSA) is 9.23 Å². The second-order valence-corrected chi connectivity index (χ2v) is 4.48. The maximum atomic E-state index is 6.07. The minimum Gasteiger partial charge on any atom is -0.487 e. The maximum absolute atomic E-state index is 6.07. The molecule has 0 heterocycles. The largest absolute Gasteiger partial charge is 0.487 e. The summed E-state index contributed by atoms with van der Waals surface area (Å²) in [5, 5.41) is 0.706. The molecule has 0 aliphatic rings. The molecule has 0 N–H and O–H groups in total. The molecule has 0 aliphatic heterocycles. The first-order valence-electron chi connectivity index (χ1n) is 4.34. The van der Waals surface area contributed by atoms with Crippen LogP contribution in [0.4, 0.5) is 0 Å². The molecule has 0 bridgehead atoms. The van der Waals surface area contributed by atoms with Gasteiger partial charge in [-0.15, -0.1) is 0 Å². The smallest absolute Gasteiger partial charge is 0.138 e. The second-order valence-electron chi connectivity index (χ2n) is 4.10. The Bertz CT molecular complexity index is 299. The molecular weight excluding hydrogens is 184 g/mol. The fraction of sp³-hybridized carbons (Fsp3) is 0.455. The number of rotatable bonds is 1. The van der Waals surface area contributed by atoms with Crippen molar-refractivity contribution in [3.63, 3.8) is 0 Å². The molecule has 72 valence electrons. The van der Waals surface area contributed by atoms with E-state index in [1.54, 1.807) is 0 Å². The molecule has 0 aliphatic carbocycles. The van der Waals surface area contributed by atoms with E-state index >= 15 is 0 Å². The minimum absolute atomic E-state index is 0.197. The molecule has 13 heavy (non-hydrogen) atoms. The lowest BCUT2D eigenvalue weighted by Gasteiger charge is -2.22. The lowest BCUT2D eigenvalue weighted by atomic mass is 10.2. The highest BCUT2D eigenvalue weighted by atomic mass is 35.5. The highest BCUT2D eigenvalue weighted by Crippen LogP contribution is 2.30. The number of ether oxygens (including phenoxy) is 1. The summed E-state index contributed by atoms with van der Waals surface area (Å²) in [6.07, 6.45) is 0. The zero-order chi connectivity index (χ0) is 10.1. The summed E-state index contributed by atoms with van der Waals surface area (Å²) in [6, 6.07) is 5.81. The Morgan fingerprint density at radius 2 is 1.85 bits per heavy atom. The van der Waals surface area contributed by atoms with Crippen molar-refractivity contribution in [2.24, 2.45) is 0 Å². The molecule has 0 spiro atoms. The van der Waals surface area contributed by atoms with Gasteiger partial charge in [-0.3, -0.25) is 0 Å². The number of hydrogen-bond donors (Lipinski definition) is 0. The van der Waals surface area contributed by atoms with Crippen LogP contribution in [0.1, 0.15) is 26.3 Å². The number of benzene rings is 1. The van der Waals surface area contributed by atoms with E-state index < -0.39 is 0 Å². The van der Waals surface area contributed by atoms with E-state index in [9.17, 15) is 0 Å². The lowest BCUT2D eigenvalue weighted by molar-refractivity contribution is 0.131. The molecule has 1 aromatic carbocycles. The van der Waals surface area contributed by atoms with Crippen LogP contribution >= 0.6 is 11.6 Å². The molecule has 0 radical (unpaired) electrons. The van der Waals surface area contributed by atoms with Crippen molar-refractivity contribution in [2.45, 2.75) is 33.3 Å². The summed E-state index contributed by atoms with van der Waals surface area (Å²) in [4.78, 5) is 0. The first-order chi connectivity index (χ1) is 5.90. The average Bonchev–Trinajstić information content (AvgIpc) is 1.96.